The summed E-state index contributed by atoms with van der Waals surface area (Å²) in [6.07, 6.45) is 0.710. The molecular weight excluding hydrogens is 216 g/mol. The first-order chi connectivity index (χ1) is 7.93. The maximum atomic E-state index is 12.2. The molecule has 92 valence electrons. The van der Waals surface area contributed by atoms with Gasteiger partial charge in [-0.3, -0.25) is 4.79 Å². The molecule has 1 fully saturated rings. The van der Waals surface area contributed by atoms with Crippen molar-refractivity contribution in [1.82, 2.24) is 15.1 Å². The summed E-state index contributed by atoms with van der Waals surface area (Å²) in [6.45, 7) is 6.98. The van der Waals surface area contributed by atoms with E-state index in [0.717, 1.165) is 11.4 Å². The third kappa shape index (κ3) is 2.29. The SMILES string of the molecule is CCc1nnc(C)cc1C(=O)N1CC(C)(N)C1. The molecule has 1 aromatic heterocycles. The lowest BCUT2D eigenvalue weighted by Gasteiger charge is -2.45. The van der Waals surface area contributed by atoms with Crippen LogP contribution < -0.4 is 5.73 Å². The Kier molecular flexibility index (Phi) is 2.87. The predicted molar refractivity (Wildman–Crippen MR) is 64.6 cm³/mol. The van der Waals surface area contributed by atoms with Gasteiger partial charge >= 0.3 is 0 Å². The predicted octanol–water partition coefficient (Wildman–Crippen LogP) is 0.521. The zero-order chi connectivity index (χ0) is 12.6. The quantitative estimate of drug-likeness (QED) is 0.809. The molecule has 1 aliphatic rings. The lowest BCUT2D eigenvalue weighted by molar-refractivity contribution is 0.0451. The lowest BCUT2D eigenvalue weighted by Crippen LogP contribution is -2.66. The Labute approximate surface area is 101 Å². The van der Waals surface area contributed by atoms with Crippen LogP contribution in [0, 0.1) is 6.92 Å². The fourth-order valence-electron chi connectivity index (χ4n) is 2.10. The summed E-state index contributed by atoms with van der Waals surface area (Å²) in [7, 11) is 0. The van der Waals surface area contributed by atoms with E-state index in [4.69, 9.17) is 5.73 Å². The summed E-state index contributed by atoms with van der Waals surface area (Å²) in [4.78, 5) is 14.0. The van der Waals surface area contributed by atoms with Gasteiger partial charge in [-0.2, -0.15) is 10.2 Å². The van der Waals surface area contributed by atoms with Gasteiger partial charge in [-0.15, -0.1) is 0 Å². The van der Waals surface area contributed by atoms with E-state index in [2.05, 4.69) is 10.2 Å². The van der Waals surface area contributed by atoms with Crippen molar-refractivity contribution >= 4 is 5.91 Å². The molecule has 5 heteroatoms. The van der Waals surface area contributed by atoms with Crippen LogP contribution in [0.2, 0.25) is 0 Å². The number of nitrogens with two attached hydrogens (primary N) is 1. The van der Waals surface area contributed by atoms with Gasteiger partial charge in [0.15, 0.2) is 0 Å². The van der Waals surface area contributed by atoms with Crippen LogP contribution >= 0.6 is 0 Å². The third-order valence-electron chi connectivity index (χ3n) is 2.95. The molecule has 0 saturated carbocycles. The van der Waals surface area contributed by atoms with Crippen LogP contribution in [-0.2, 0) is 6.42 Å². The van der Waals surface area contributed by atoms with Crippen molar-refractivity contribution in [3.05, 3.63) is 23.0 Å². The minimum atomic E-state index is -0.239. The van der Waals surface area contributed by atoms with Crippen molar-refractivity contribution in [2.45, 2.75) is 32.7 Å². The van der Waals surface area contributed by atoms with E-state index in [0.29, 0.717) is 25.1 Å². The van der Waals surface area contributed by atoms with E-state index in [-0.39, 0.29) is 11.4 Å². The molecule has 0 aromatic carbocycles. The van der Waals surface area contributed by atoms with Crippen LogP contribution in [0.3, 0.4) is 0 Å². The highest BCUT2D eigenvalue weighted by molar-refractivity contribution is 5.96. The zero-order valence-corrected chi connectivity index (χ0v) is 10.5. The molecule has 2 heterocycles. The van der Waals surface area contributed by atoms with Gasteiger partial charge in [0.2, 0.25) is 0 Å². The van der Waals surface area contributed by atoms with Gasteiger partial charge in [0, 0.05) is 18.6 Å². The molecule has 2 rings (SSSR count). The summed E-state index contributed by atoms with van der Waals surface area (Å²) in [5.41, 5.74) is 7.85. The number of amides is 1. The number of hydrogen-bond donors (Lipinski definition) is 1. The Morgan fingerprint density at radius 2 is 2.18 bits per heavy atom. The van der Waals surface area contributed by atoms with Crippen LogP contribution in [0.15, 0.2) is 6.07 Å². The van der Waals surface area contributed by atoms with Crippen molar-refractivity contribution in [2.75, 3.05) is 13.1 Å². The first-order valence-corrected chi connectivity index (χ1v) is 5.84. The van der Waals surface area contributed by atoms with Gasteiger partial charge in [-0.25, -0.2) is 0 Å². The Hall–Kier alpha value is -1.49. The summed E-state index contributed by atoms with van der Waals surface area (Å²) >= 11 is 0. The van der Waals surface area contributed by atoms with Crippen LogP contribution in [0.4, 0.5) is 0 Å². The molecule has 0 spiro atoms. The summed E-state index contributed by atoms with van der Waals surface area (Å²) < 4.78 is 0. The highest BCUT2D eigenvalue weighted by atomic mass is 16.2. The van der Waals surface area contributed by atoms with E-state index < -0.39 is 0 Å². The largest absolute Gasteiger partial charge is 0.335 e. The lowest BCUT2D eigenvalue weighted by atomic mass is 9.92. The minimum absolute atomic E-state index is 0.0165. The molecular formula is C12H18N4O. The second kappa shape index (κ2) is 4.07. The molecule has 2 N–H and O–H groups in total. The second-order valence-corrected chi connectivity index (χ2v) is 5.01. The summed E-state index contributed by atoms with van der Waals surface area (Å²) in [5, 5.41) is 8.05. The highest BCUT2D eigenvalue weighted by Crippen LogP contribution is 2.21. The Morgan fingerprint density at radius 1 is 1.53 bits per heavy atom. The van der Waals surface area contributed by atoms with Gasteiger partial charge in [0.05, 0.1) is 17.0 Å². The average molecular weight is 234 g/mol. The smallest absolute Gasteiger partial charge is 0.255 e. The van der Waals surface area contributed by atoms with Crippen LogP contribution in [0.5, 0.6) is 0 Å². The van der Waals surface area contributed by atoms with E-state index in [1.54, 1.807) is 11.0 Å². The first kappa shape index (κ1) is 12.0. The van der Waals surface area contributed by atoms with Crippen LogP contribution in [0.1, 0.15) is 35.6 Å². The van der Waals surface area contributed by atoms with Gasteiger partial charge in [-0.1, -0.05) is 6.92 Å². The number of rotatable bonds is 2. The minimum Gasteiger partial charge on any atom is -0.335 e. The van der Waals surface area contributed by atoms with Crippen molar-refractivity contribution in [2.24, 2.45) is 5.73 Å². The molecule has 1 saturated heterocycles. The Balaban J connectivity index is 2.22. The maximum Gasteiger partial charge on any atom is 0.255 e. The maximum absolute atomic E-state index is 12.2. The molecule has 0 atom stereocenters. The molecule has 0 radical (unpaired) electrons. The number of carbonyl (C=O) groups is 1. The molecule has 0 unspecified atom stereocenters. The molecule has 17 heavy (non-hydrogen) atoms. The topological polar surface area (TPSA) is 72.1 Å². The van der Waals surface area contributed by atoms with Crippen molar-refractivity contribution in [3.63, 3.8) is 0 Å². The Morgan fingerprint density at radius 3 is 2.71 bits per heavy atom. The van der Waals surface area contributed by atoms with Crippen molar-refractivity contribution in [3.8, 4) is 0 Å². The average Bonchev–Trinajstić information content (AvgIpc) is 2.24. The van der Waals surface area contributed by atoms with Gasteiger partial charge in [-0.05, 0) is 26.3 Å². The van der Waals surface area contributed by atoms with E-state index in [9.17, 15) is 4.79 Å². The standard InChI is InChI=1S/C12H18N4O/c1-4-10-9(5-8(2)14-15-10)11(17)16-6-12(3,13)7-16/h5H,4,6-7,13H2,1-3H3. The monoisotopic (exact) mass is 234 g/mol. The normalized spacial score (nSPS) is 17.8. The van der Waals surface area contributed by atoms with Crippen molar-refractivity contribution in [1.29, 1.82) is 0 Å². The molecule has 0 bridgehead atoms. The number of aromatic nitrogens is 2. The van der Waals surface area contributed by atoms with E-state index in [1.165, 1.54) is 0 Å². The summed E-state index contributed by atoms with van der Waals surface area (Å²) in [5.74, 6) is 0.0165. The molecule has 1 aromatic rings. The number of carbonyl (C=O) groups excluding carboxylic acids is 1. The van der Waals surface area contributed by atoms with E-state index in [1.807, 2.05) is 20.8 Å². The molecule has 5 nitrogen and oxygen atoms in total. The second-order valence-electron chi connectivity index (χ2n) is 5.01. The number of hydrogen-bond acceptors (Lipinski definition) is 4. The first-order valence-electron chi connectivity index (χ1n) is 5.84. The zero-order valence-electron chi connectivity index (χ0n) is 10.5. The highest BCUT2D eigenvalue weighted by Gasteiger charge is 2.38. The Bertz CT molecular complexity index is 448. The fraction of sp³-hybridized carbons (Fsp3) is 0.583. The molecule has 0 aliphatic carbocycles. The van der Waals surface area contributed by atoms with Gasteiger partial charge < -0.3 is 10.6 Å². The third-order valence-corrected chi connectivity index (χ3v) is 2.95. The van der Waals surface area contributed by atoms with Gasteiger partial charge in [0.1, 0.15) is 0 Å². The van der Waals surface area contributed by atoms with E-state index >= 15 is 0 Å². The molecule has 1 aliphatic heterocycles. The van der Waals surface area contributed by atoms with Gasteiger partial charge in [0.25, 0.3) is 5.91 Å². The summed E-state index contributed by atoms with van der Waals surface area (Å²) in [6, 6.07) is 1.81. The molecule has 1 amide bonds. The number of nitrogens with zero attached hydrogens (tertiary/aromatic N) is 3. The fourth-order valence-corrected chi connectivity index (χ4v) is 2.10. The van der Waals surface area contributed by atoms with Crippen molar-refractivity contribution < 1.29 is 4.79 Å². The van der Waals surface area contributed by atoms with Crippen LogP contribution in [0.25, 0.3) is 0 Å². The van der Waals surface area contributed by atoms with Crippen LogP contribution in [-0.4, -0.2) is 39.6 Å². The number of aryl methyl sites for hydroxylation is 2. The number of likely N-dealkylation sites (tertiary alicyclic amines) is 1.